The van der Waals surface area contributed by atoms with Crippen LogP contribution in [-0.2, 0) is 0 Å². The molecule has 0 aliphatic rings. The molecule has 3 aromatic heterocycles. The van der Waals surface area contributed by atoms with Gasteiger partial charge in [-0.05, 0) is 28.1 Å². The van der Waals surface area contributed by atoms with E-state index in [-0.39, 0.29) is 0 Å². The molecule has 6 nitrogen and oxygen atoms in total. The van der Waals surface area contributed by atoms with E-state index in [0.717, 1.165) is 10.1 Å². The van der Waals surface area contributed by atoms with Gasteiger partial charge in [0.15, 0.2) is 23.0 Å². The number of hydrogen-bond donors (Lipinski definition) is 1. The summed E-state index contributed by atoms with van der Waals surface area (Å²) in [6.45, 7) is 0. The Morgan fingerprint density at radius 1 is 1.12 bits per heavy atom. The van der Waals surface area contributed by atoms with Crippen LogP contribution in [0.2, 0.25) is 0 Å². The Labute approximate surface area is 105 Å². The normalized spacial score (nSPS) is 10.9. The van der Waals surface area contributed by atoms with Gasteiger partial charge in [0.25, 0.3) is 0 Å². The van der Waals surface area contributed by atoms with E-state index in [4.69, 9.17) is 5.73 Å². The van der Waals surface area contributed by atoms with Crippen molar-refractivity contribution in [2.45, 2.75) is 0 Å². The van der Waals surface area contributed by atoms with Crippen LogP contribution in [0.4, 0.5) is 5.82 Å². The molecule has 0 aliphatic carbocycles. The molecule has 0 amide bonds. The Bertz CT molecular complexity index is 692. The lowest BCUT2D eigenvalue weighted by Crippen LogP contribution is -1.99. The number of anilines is 1. The number of pyridine rings is 1. The molecule has 0 atom stereocenters. The molecule has 0 saturated heterocycles. The van der Waals surface area contributed by atoms with Gasteiger partial charge in [0.05, 0.1) is 0 Å². The van der Waals surface area contributed by atoms with Gasteiger partial charge in [0, 0.05) is 23.1 Å². The van der Waals surface area contributed by atoms with Crippen molar-refractivity contribution in [1.29, 1.82) is 0 Å². The van der Waals surface area contributed by atoms with Gasteiger partial charge in [-0.15, -0.1) is 10.2 Å². The number of aromatic nitrogens is 5. The van der Waals surface area contributed by atoms with E-state index < -0.39 is 0 Å². The van der Waals surface area contributed by atoms with Crippen LogP contribution in [0, 0.1) is 0 Å². The third-order valence-electron chi connectivity index (χ3n) is 2.30. The standard InChI is InChI=1S/C10H7BrN6/c11-6-1-2-7-15-16-10(17(7)5-6)8-9(12)14-4-3-13-8/h1-5H,(H2,12,14). The third kappa shape index (κ3) is 1.64. The van der Waals surface area contributed by atoms with Gasteiger partial charge in [-0.1, -0.05) is 0 Å². The van der Waals surface area contributed by atoms with Crippen molar-refractivity contribution in [1.82, 2.24) is 24.6 Å². The number of nitrogen functional groups attached to an aromatic ring is 1. The summed E-state index contributed by atoms with van der Waals surface area (Å²) in [7, 11) is 0. The van der Waals surface area contributed by atoms with E-state index in [9.17, 15) is 0 Å². The smallest absolute Gasteiger partial charge is 0.190 e. The molecule has 0 aliphatic heterocycles. The Kier molecular flexibility index (Phi) is 2.25. The van der Waals surface area contributed by atoms with Gasteiger partial charge < -0.3 is 5.73 Å². The molecule has 0 radical (unpaired) electrons. The third-order valence-corrected chi connectivity index (χ3v) is 2.77. The fraction of sp³-hybridized carbons (Fsp3) is 0. The van der Waals surface area contributed by atoms with Crippen LogP contribution in [-0.4, -0.2) is 24.6 Å². The minimum absolute atomic E-state index is 0.335. The maximum absolute atomic E-state index is 5.77. The first-order valence-corrected chi connectivity index (χ1v) is 5.62. The second kappa shape index (κ2) is 3.77. The highest BCUT2D eigenvalue weighted by atomic mass is 79.9. The molecular weight excluding hydrogens is 284 g/mol. The van der Waals surface area contributed by atoms with Crippen LogP contribution in [0.5, 0.6) is 0 Å². The zero-order valence-electron chi connectivity index (χ0n) is 8.58. The lowest BCUT2D eigenvalue weighted by molar-refractivity contribution is 1.08. The van der Waals surface area contributed by atoms with E-state index in [0.29, 0.717) is 17.3 Å². The first-order valence-electron chi connectivity index (χ1n) is 4.83. The molecule has 0 fully saturated rings. The number of nitrogens with two attached hydrogens (primary N) is 1. The largest absolute Gasteiger partial charge is 0.382 e. The summed E-state index contributed by atoms with van der Waals surface area (Å²) in [6, 6.07) is 3.75. The second-order valence-electron chi connectivity index (χ2n) is 3.39. The summed E-state index contributed by atoms with van der Waals surface area (Å²) < 4.78 is 2.73. The van der Waals surface area contributed by atoms with Crippen molar-refractivity contribution in [2.24, 2.45) is 0 Å². The Hall–Kier alpha value is -2.02. The summed E-state index contributed by atoms with van der Waals surface area (Å²) >= 11 is 3.40. The zero-order chi connectivity index (χ0) is 11.8. The number of fused-ring (bicyclic) bond motifs is 1. The molecule has 3 rings (SSSR count). The summed E-state index contributed by atoms with van der Waals surface area (Å²) in [5.74, 6) is 0.911. The van der Waals surface area contributed by atoms with Gasteiger partial charge in [0.2, 0.25) is 0 Å². The van der Waals surface area contributed by atoms with Crippen LogP contribution in [0.25, 0.3) is 17.2 Å². The van der Waals surface area contributed by atoms with Crippen LogP contribution in [0.1, 0.15) is 0 Å². The van der Waals surface area contributed by atoms with Crippen LogP contribution in [0.3, 0.4) is 0 Å². The molecule has 17 heavy (non-hydrogen) atoms. The number of halogens is 1. The second-order valence-corrected chi connectivity index (χ2v) is 4.30. The molecule has 0 aromatic carbocycles. The molecule has 0 bridgehead atoms. The van der Waals surface area contributed by atoms with Gasteiger partial charge in [-0.3, -0.25) is 4.40 Å². The molecule has 0 spiro atoms. The van der Waals surface area contributed by atoms with E-state index >= 15 is 0 Å². The average molecular weight is 291 g/mol. The minimum Gasteiger partial charge on any atom is -0.382 e. The first-order chi connectivity index (χ1) is 8.25. The fourth-order valence-electron chi connectivity index (χ4n) is 1.55. The maximum atomic E-state index is 5.77. The molecule has 84 valence electrons. The number of nitrogens with zero attached hydrogens (tertiary/aromatic N) is 5. The van der Waals surface area contributed by atoms with Crippen molar-refractivity contribution < 1.29 is 0 Å². The lowest BCUT2D eigenvalue weighted by Gasteiger charge is -2.01. The lowest BCUT2D eigenvalue weighted by atomic mass is 10.3. The number of rotatable bonds is 1. The van der Waals surface area contributed by atoms with E-state index in [1.165, 1.54) is 6.20 Å². The summed E-state index contributed by atoms with van der Waals surface area (Å²) in [6.07, 6.45) is 4.97. The SMILES string of the molecule is Nc1nccnc1-c1nnc2ccc(Br)cn12. The quantitative estimate of drug-likeness (QED) is 0.735. The monoisotopic (exact) mass is 290 g/mol. The van der Waals surface area contributed by atoms with E-state index in [2.05, 4.69) is 36.1 Å². The number of hydrogen-bond acceptors (Lipinski definition) is 5. The molecule has 0 unspecified atom stereocenters. The topological polar surface area (TPSA) is 82.0 Å². The fourth-order valence-corrected chi connectivity index (χ4v) is 1.88. The minimum atomic E-state index is 0.335. The van der Waals surface area contributed by atoms with E-state index in [1.807, 2.05) is 22.7 Å². The molecule has 0 saturated carbocycles. The zero-order valence-corrected chi connectivity index (χ0v) is 10.2. The van der Waals surface area contributed by atoms with Gasteiger partial charge >= 0.3 is 0 Å². The Morgan fingerprint density at radius 2 is 1.94 bits per heavy atom. The van der Waals surface area contributed by atoms with Crippen molar-refractivity contribution in [2.75, 3.05) is 5.73 Å². The van der Waals surface area contributed by atoms with Crippen molar-refractivity contribution in [3.8, 4) is 11.5 Å². The Balaban J connectivity index is 2.31. The van der Waals surface area contributed by atoms with Crippen LogP contribution in [0.15, 0.2) is 35.2 Å². The molecule has 3 aromatic rings. The van der Waals surface area contributed by atoms with Gasteiger partial charge in [-0.25, -0.2) is 9.97 Å². The Morgan fingerprint density at radius 3 is 2.76 bits per heavy atom. The first kappa shape index (κ1) is 10.2. The van der Waals surface area contributed by atoms with Crippen LogP contribution >= 0.6 is 15.9 Å². The van der Waals surface area contributed by atoms with Crippen molar-refractivity contribution in [3.63, 3.8) is 0 Å². The van der Waals surface area contributed by atoms with Crippen molar-refractivity contribution >= 4 is 27.4 Å². The highest BCUT2D eigenvalue weighted by molar-refractivity contribution is 9.10. The van der Waals surface area contributed by atoms with Gasteiger partial charge in [0.1, 0.15) is 0 Å². The average Bonchev–Trinajstić information content (AvgIpc) is 2.72. The molecule has 2 N–H and O–H groups in total. The molecule has 3 heterocycles. The van der Waals surface area contributed by atoms with Crippen molar-refractivity contribution in [3.05, 3.63) is 35.2 Å². The summed E-state index contributed by atoms with van der Waals surface area (Å²) in [5, 5.41) is 8.12. The summed E-state index contributed by atoms with van der Waals surface area (Å²) in [4.78, 5) is 8.16. The predicted molar refractivity (Wildman–Crippen MR) is 66.1 cm³/mol. The highest BCUT2D eigenvalue weighted by Gasteiger charge is 2.12. The molecule has 7 heteroatoms. The highest BCUT2D eigenvalue weighted by Crippen LogP contribution is 2.21. The van der Waals surface area contributed by atoms with E-state index in [1.54, 1.807) is 6.20 Å². The maximum Gasteiger partial charge on any atom is 0.190 e. The van der Waals surface area contributed by atoms with Crippen LogP contribution < -0.4 is 5.73 Å². The predicted octanol–water partition coefficient (Wildman–Crippen LogP) is 1.53. The summed E-state index contributed by atoms with van der Waals surface area (Å²) in [5.41, 5.74) is 7.03. The molecular formula is C10H7BrN6. The van der Waals surface area contributed by atoms with Gasteiger partial charge in [-0.2, -0.15) is 0 Å².